The minimum atomic E-state index is -3.69. The Labute approximate surface area is 117 Å². The van der Waals surface area contributed by atoms with E-state index in [0.717, 1.165) is 5.56 Å². The highest BCUT2D eigenvalue weighted by Crippen LogP contribution is 2.18. The second-order valence-corrected chi connectivity index (χ2v) is 5.77. The number of H-pyrrole nitrogens is 1. The van der Waals surface area contributed by atoms with E-state index in [1.807, 2.05) is 12.1 Å². The number of aromatic nitrogens is 2. The van der Waals surface area contributed by atoms with E-state index in [9.17, 15) is 8.42 Å². The van der Waals surface area contributed by atoms with E-state index in [1.54, 1.807) is 12.1 Å². The van der Waals surface area contributed by atoms with Crippen molar-refractivity contribution in [2.75, 3.05) is 7.11 Å². The van der Waals surface area contributed by atoms with Crippen LogP contribution in [-0.2, 0) is 23.1 Å². The van der Waals surface area contributed by atoms with Gasteiger partial charge >= 0.3 is 0 Å². The van der Waals surface area contributed by atoms with Gasteiger partial charge in [0, 0.05) is 24.2 Å². The number of sulfonamides is 1. The monoisotopic (exact) mass is 296 g/mol. The summed E-state index contributed by atoms with van der Waals surface area (Å²) in [4.78, 5) is 0. The highest BCUT2D eigenvalue weighted by atomic mass is 32.2. The Balaban J connectivity index is 2.18. The predicted octanol–water partition coefficient (Wildman–Crippen LogP) is 0.355. The van der Waals surface area contributed by atoms with Crippen molar-refractivity contribution in [2.24, 2.45) is 5.73 Å². The molecule has 0 spiro atoms. The van der Waals surface area contributed by atoms with E-state index >= 15 is 0 Å². The lowest BCUT2D eigenvalue weighted by molar-refractivity contribution is 0.409. The van der Waals surface area contributed by atoms with Gasteiger partial charge in [0.2, 0.25) is 0 Å². The zero-order valence-electron chi connectivity index (χ0n) is 11.0. The third-order valence-corrected chi connectivity index (χ3v) is 4.23. The van der Waals surface area contributed by atoms with Crippen LogP contribution in [0.1, 0.15) is 11.1 Å². The first-order valence-corrected chi connectivity index (χ1v) is 7.40. The number of benzene rings is 1. The predicted molar refractivity (Wildman–Crippen MR) is 73.5 cm³/mol. The van der Waals surface area contributed by atoms with Gasteiger partial charge < -0.3 is 10.5 Å². The van der Waals surface area contributed by atoms with Crippen LogP contribution in [0.25, 0.3) is 0 Å². The molecule has 0 aliphatic rings. The topological polar surface area (TPSA) is 110 Å². The third-order valence-electron chi connectivity index (χ3n) is 2.81. The van der Waals surface area contributed by atoms with Crippen molar-refractivity contribution in [3.8, 4) is 5.75 Å². The third kappa shape index (κ3) is 2.98. The number of nitrogens with two attached hydrogens (primary N) is 1. The van der Waals surface area contributed by atoms with Gasteiger partial charge in [-0.15, -0.1) is 0 Å². The number of nitrogens with one attached hydrogen (secondary N) is 2. The molecule has 7 nitrogen and oxygen atoms in total. The molecule has 8 heteroatoms. The van der Waals surface area contributed by atoms with Crippen molar-refractivity contribution in [1.82, 2.24) is 14.9 Å². The summed E-state index contributed by atoms with van der Waals surface area (Å²) >= 11 is 0. The smallest absolute Gasteiger partial charge is 0.258 e. The Kier molecular flexibility index (Phi) is 4.38. The summed E-state index contributed by atoms with van der Waals surface area (Å²) in [7, 11) is -2.15. The Morgan fingerprint density at radius 1 is 1.35 bits per heavy atom. The van der Waals surface area contributed by atoms with E-state index in [0.29, 0.717) is 11.3 Å². The van der Waals surface area contributed by atoms with Crippen LogP contribution in [-0.4, -0.2) is 25.7 Å². The van der Waals surface area contributed by atoms with E-state index < -0.39 is 10.0 Å². The highest BCUT2D eigenvalue weighted by molar-refractivity contribution is 7.89. The number of hydrogen-bond donors (Lipinski definition) is 3. The van der Waals surface area contributed by atoms with Gasteiger partial charge in [-0.05, 0) is 6.07 Å². The van der Waals surface area contributed by atoms with Crippen LogP contribution in [0.15, 0.2) is 35.5 Å². The zero-order chi connectivity index (χ0) is 14.6. The van der Waals surface area contributed by atoms with Crippen LogP contribution in [0, 0.1) is 0 Å². The summed E-state index contributed by atoms with van der Waals surface area (Å²) in [5.74, 6) is 0.624. The number of rotatable bonds is 6. The molecule has 108 valence electrons. The van der Waals surface area contributed by atoms with Gasteiger partial charge in [-0.2, -0.15) is 5.10 Å². The number of aromatic amines is 1. The summed E-state index contributed by atoms with van der Waals surface area (Å²) in [6, 6.07) is 7.19. The Morgan fingerprint density at radius 3 is 2.80 bits per heavy atom. The molecule has 0 radical (unpaired) electrons. The lowest BCUT2D eigenvalue weighted by Crippen LogP contribution is -2.25. The maximum absolute atomic E-state index is 12.2. The summed E-state index contributed by atoms with van der Waals surface area (Å²) in [5, 5.41) is 6.14. The molecule has 0 aliphatic carbocycles. The van der Waals surface area contributed by atoms with Crippen LogP contribution in [0.5, 0.6) is 5.75 Å². The Bertz CT molecular complexity index is 682. The SMILES string of the molecule is COc1ccccc1CNS(=O)(=O)c1[nH]ncc1CN. The Hall–Kier alpha value is -1.90. The van der Waals surface area contributed by atoms with Gasteiger partial charge in [-0.1, -0.05) is 18.2 Å². The zero-order valence-corrected chi connectivity index (χ0v) is 11.8. The molecule has 0 saturated carbocycles. The average molecular weight is 296 g/mol. The molecule has 1 aromatic carbocycles. The van der Waals surface area contributed by atoms with Crippen molar-refractivity contribution in [2.45, 2.75) is 18.1 Å². The van der Waals surface area contributed by atoms with E-state index in [2.05, 4.69) is 14.9 Å². The van der Waals surface area contributed by atoms with Gasteiger partial charge in [0.25, 0.3) is 10.0 Å². The van der Waals surface area contributed by atoms with Gasteiger partial charge in [0.1, 0.15) is 5.75 Å². The van der Waals surface area contributed by atoms with Gasteiger partial charge in [-0.25, -0.2) is 13.1 Å². The molecule has 0 fully saturated rings. The highest BCUT2D eigenvalue weighted by Gasteiger charge is 2.20. The van der Waals surface area contributed by atoms with Gasteiger partial charge in [-0.3, -0.25) is 5.10 Å². The molecular formula is C12H16N4O3S. The second-order valence-electron chi connectivity index (χ2n) is 4.06. The normalized spacial score (nSPS) is 11.5. The first-order chi connectivity index (χ1) is 9.58. The molecule has 1 heterocycles. The Morgan fingerprint density at radius 2 is 2.10 bits per heavy atom. The van der Waals surface area contributed by atoms with Crippen molar-refractivity contribution >= 4 is 10.0 Å². The second kappa shape index (κ2) is 6.04. The number of nitrogens with zero attached hydrogens (tertiary/aromatic N) is 1. The van der Waals surface area contributed by atoms with Crippen molar-refractivity contribution in [1.29, 1.82) is 0 Å². The lowest BCUT2D eigenvalue weighted by Gasteiger charge is -2.09. The fraction of sp³-hybridized carbons (Fsp3) is 0.250. The van der Waals surface area contributed by atoms with Crippen LogP contribution in [0.3, 0.4) is 0 Å². The molecule has 20 heavy (non-hydrogen) atoms. The number of ether oxygens (including phenoxy) is 1. The van der Waals surface area contributed by atoms with Crippen LogP contribution >= 0.6 is 0 Å². The molecule has 1 aromatic heterocycles. The lowest BCUT2D eigenvalue weighted by atomic mass is 10.2. The van der Waals surface area contributed by atoms with Crippen LogP contribution < -0.4 is 15.2 Å². The van der Waals surface area contributed by atoms with Gasteiger partial charge in [0.15, 0.2) is 5.03 Å². The molecule has 4 N–H and O–H groups in total. The molecule has 0 bridgehead atoms. The van der Waals surface area contributed by atoms with Crippen LogP contribution in [0.4, 0.5) is 0 Å². The number of hydrogen-bond acceptors (Lipinski definition) is 5. The number of para-hydroxylation sites is 1. The molecule has 2 rings (SSSR count). The van der Waals surface area contributed by atoms with Gasteiger partial charge in [0.05, 0.1) is 13.3 Å². The fourth-order valence-electron chi connectivity index (χ4n) is 1.77. The maximum Gasteiger partial charge on any atom is 0.258 e. The maximum atomic E-state index is 12.2. The average Bonchev–Trinajstić information content (AvgIpc) is 2.95. The first kappa shape index (κ1) is 14.5. The molecule has 0 aliphatic heterocycles. The largest absolute Gasteiger partial charge is 0.496 e. The fourth-order valence-corrected chi connectivity index (χ4v) is 2.92. The molecular weight excluding hydrogens is 280 g/mol. The minimum Gasteiger partial charge on any atom is -0.496 e. The molecule has 0 amide bonds. The van der Waals surface area contributed by atoms with E-state index in [4.69, 9.17) is 10.5 Å². The van der Waals surface area contributed by atoms with Crippen molar-refractivity contribution in [3.63, 3.8) is 0 Å². The molecule has 0 atom stereocenters. The quantitative estimate of drug-likeness (QED) is 0.712. The standard InChI is InChI=1S/C12H16N4O3S/c1-19-11-5-3-2-4-9(11)8-15-20(17,18)12-10(6-13)7-14-16-12/h2-5,7,15H,6,8,13H2,1H3,(H,14,16). The first-order valence-electron chi connectivity index (χ1n) is 5.92. The molecule has 2 aromatic rings. The summed E-state index contributed by atoms with van der Waals surface area (Å²) in [5.41, 5.74) is 6.66. The van der Waals surface area contributed by atoms with Crippen molar-refractivity contribution in [3.05, 3.63) is 41.6 Å². The van der Waals surface area contributed by atoms with E-state index in [-0.39, 0.29) is 18.1 Å². The summed E-state index contributed by atoms with van der Waals surface area (Å²) in [6.07, 6.45) is 1.40. The minimum absolute atomic E-state index is 0.00472. The molecule has 0 saturated heterocycles. The number of methoxy groups -OCH3 is 1. The van der Waals surface area contributed by atoms with Crippen LogP contribution in [0.2, 0.25) is 0 Å². The summed E-state index contributed by atoms with van der Waals surface area (Å²) < 4.78 is 32.0. The van der Waals surface area contributed by atoms with E-state index in [1.165, 1.54) is 13.3 Å². The summed E-state index contributed by atoms with van der Waals surface area (Å²) in [6.45, 7) is 0.219. The van der Waals surface area contributed by atoms with Crippen molar-refractivity contribution < 1.29 is 13.2 Å². The molecule has 0 unspecified atom stereocenters.